The second-order valence-corrected chi connectivity index (χ2v) is 6.11. The van der Waals surface area contributed by atoms with Gasteiger partial charge in [0.15, 0.2) is 5.03 Å². The van der Waals surface area contributed by atoms with Crippen LogP contribution in [0.15, 0.2) is 35.7 Å². The first-order valence-electron chi connectivity index (χ1n) is 4.84. The van der Waals surface area contributed by atoms with Gasteiger partial charge in [-0.15, -0.1) is 0 Å². The molecule has 90 valence electrons. The minimum Gasteiger partial charge on any atom is -0.330 e. The number of aryl methyl sites for hydroxylation is 1. The SMILES string of the molecule is Cc1cccc(Cn2cnc(S(=O)(=O)Cl)c2)n1. The summed E-state index contributed by atoms with van der Waals surface area (Å²) < 4.78 is 23.7. The van der Waals surface area contributed by atoms with Gasteiger partial charge in [-0.2, -0.15) is 0 Å². The molecule has 0 amide bonds. The van der Waals surface area contributed by atoms with Gasteiger partial charge in [0.25, 0.3) is 9.05 Å². The largest absolute Gasteiger partial charge is 0.330 e. The van der Waals surface area contributed by atoms with Crippen LogP contribution >= 0.6 is 10.7 Å². The van der Waals surface area contributed by atoms with E-state index in [0.717, 1.165) is 11.4 Å². The lowest BCUT2D eigenvalue weighted by atomic mass is 10.3. The minimum absolute atomic E-state index is 0.146. The third-order valence-corrected chi connectivity index (χ3v) is 3.33. The Morgan fingerprint density at radius 3 is 2.76 bits per heavy atom. The van der Waals surface area contributed by atoms with Crippen LogP contribution in [0.3, 0.4) is 0 Å². The molecule has 0 bridgehead atoms. The first-order chi connectivity index (χ1) is 7.95. The molecule has 0 spiro atoms. The van der Waals surface area contributed by atoms with Gasteiger partial charge in [0.05, 0.1) is 18.6 Å². The molecule has 5 nitrogen and oxygen atoms in total. The van der Waals surface area contributed by atoms with E-state index in [-0.39, 0.29) is 5.03 Å². The van der Waals surface area contributed by atoms with Crippen molar-refractivity contribution in [3.63, 3.8) is 0 Å². The molecule has 7 heteroatoms. The summed E-state index contributed by atoms with van der Waals surface area (Å²) in [7, 11) is 1.42. The van der Waals surface area contributed by atoms with E-state index in [1.165, 1.54) is 12.5 Å². The van der Waals surface area contributed by atoms with Gasteiger partial charge in [0.2, 0.25) is 0 Å². The van der Waals surface area contributed by atoms with E-state index in [4.69, 9.17) is 10.7 Å². The van der Waals surface area contributed by atoms with Crippen molar-refractivity contribution in [2.45, 2.75) is 18.5 Å². The Kier molecular flexibility index (Phi) is 3.17. The van der Waals surface area contributed by atoms with Gasteiger partial charge in [-0.3, -0.25) is 4.98 Å². The number of pyridine rings is 1. The molecule has 0 unspecified atom stereocenters. The van der Waals surface area contributed by atoms with Crippen molar-refractivity contribution in [1.82, 2.24) is 14.5 Å². The van der Waals surface area contributed by atoms with Crippen LogP contribution in [-0.2, 0) is 15.6 Å². The van der Waals surface area contributed by atoms with E-state index < -0.39 is 9.05 Å². The molecule has 17 heavy (non-hydrogen) atoms. The number of halogens is 1. The van der Waals surface area contributed by atoms with Gasteiger partial charge in [0.1, 0.15) is 0 Å². The third kappa shape index (κ3) is 3.04. The summed E-state index contributed by atoms with van der Waals surface area (Å²) in [5.41, 5.74) is 1.74. The molecule has 0 fully saturated rings. The Labute approximate surface area is 104 Å². The normalized spacial score (nSPS) is 11.6. The molecule has 2 aromatic rings. The Hall–Kier alpha value is -1.40. The van der Waals surface area contributed by atoms with Crippen molar-refractivity contribution in [3.8, 4) is 0 Å². The van der Waals surface area contributed by atoms with Crippen LogP contribution in [0.1, 0.15) is 11.4 Å². The van der Waals surface area contributed by atoms with E-state index in [1.54, 1.807) is 4.57 Å². The summed E-state index contributed by atoms with van der Waals surface area (Å²) in [6, 6.07) is 5.65. The predicted molar refractivity (Wildman–Crippen MR) is 63.3 cm³/mol. The fourth-order valence-corrected chi connectivity index (χ4v) is 2.10. The maximum absolute atomic E-state index is 11.0. The molecule has 0 N–H and O–H groups in total. The number of hydrogen-bond acceptors (Lipinski definition) is 4. The molecule has 0 saturated carbocycles. The zero-order valence-corrected chi connectivity index (χ0v) is 10.6. The van der Waals surface area contributed by atoms with E-state index in [1.807, 2.05) is 25.1 Å². The van der Waals surface area contributed by atoms with Gasteiger partial charge in [0, 0.05) is 22.6 Å². The molecule has 2 heterocycles. The number of hydrogen-bond donors (Lipinski definition) is 0. The summed E-state index contributed by atoms with van der Waals surface area (Å²) >= 11 is 0. The predicted octanol–water partition coefficient (Wildman–Crippen LogP) is 1.56. The second kappa shape index (κ2) is 4.46. The molecule has 0 aliphatic heterocycles. The summed E-state index contributed by atoms with van der Waals surface area (Å²) in [6.45, 7) is 2.35. The maximum Gasteiger partial charge on any atom is 0.280 e. The lowest BCUT2D eigenvalue weighted by Gasteiger charge is -2.01. The molecule has 0 saturated heterocycles. The quantitative estimate of drug-likeness (QED) is 0.795. The van der Waals surface area contributed by atoms with E-state index in [2.05, 4.69) is 9.97 Å². The van der Waals surface area contributed by atoms with Crippen molar-refractivity contribution >= 4 is 19.7 Å². The Morgan fingerprint density at radius 1 is 1.41 bits per heavy atom. The van der Waals surface area contributed by atoms with Gasteiger partial charge in [-0.05, 0) is 19.1 Å². The monoisotopic (exact) mass is 271 g/mol. The molecule has 0 atom stereocenters. The van der Waals surface area contributed by atoms with Gasteiger partial charge < -0.3 is 4.57 Å². The Bertz CT molecular complexity index is 637. The van der Waals surface area contributed by atoms with Crippen LogP contribution in [0.5, 0.6) is 0 Å². The van der Waals surface area contributed by atoms with Crippen molar-refractivity contribution in [3.05, 3.63) is 42.1 Å². The van der Waals surface area contributed by atoms with Crippen LogP contribution in [0.25, 0.3) is 0 Å². The summed E-state index contributed by atoms with van der Waals surface area (Å²) in [4.78, 5) is 8.03. The zero-order chi connectivity index (χ0) is 12.5. The number of aromatic nitrogens is 3. The fraction of sp³-hybridized carbons (Fsp3) is 0.200. The highest BCUT2D eigenvalue weighted by Crippen LogP contribution is 2.12. The highest BCUT2D eigenvalue weighted by atomic mass is 35.7. The molecule has 0 aliphatic carbocycles. The van der Waals surface area contributed by atoms with E-state index in [0.29, 0.717) is 6.54 Å². The molecular weight excluding hydrogens is 262 g/mol. The zero-order valence-electron chi connectivity index (χ0n) is 9.04. The van der Waals surface area contributed by atoms with Crippen LogP contribution in [-0.4, -0.2) is 23.0 Å². The van der Waals surface area contributed by atoms with Crippen LogP contribution < -0.4 is 0 Å². The summed E-state index contributed by atoms with van der Waals surface area (Å²) in [6.07, 6.45) is 2.80. The number of nitrogens with zero attached hydrogens (tertiary/aromatic N) is 3. The highest BCUT2D eigenvalue weighted by Gasteiger charge is 2.13. The fourth-order valence-electron chi connectivity index (χ4n) is 1.43. The molecule has 2 aromatic heterocycles. The van der Waals surface area contributed by atoms with Crippen molar-refractivity contribution in [2.75, 3.05) is 0 Å². The Morgan fingerprint density at radius 2 is 2.18 bits per heavy atom. The standard InChI is InChI=1S/C10H10ClN3O2S/c1-8-3-2-4-9(13-8)5-14-6-10(12-7-14)17(11,15)16/h2-4,6-7H,5H2,1H3. The third-order valence-electron chi connectivity index (χ3n) is 2.15. The summed E-state index contributed by atoms with van der Waals surface area (Å²) in [5, 5.41) is -0.146. The number of imidazole rings is 1. The second-order valence-electron chi connectivity index (χ2n) is 3.59. The average molecular weight is 272 g/mol. The molecule has 0 aromatic carbocycles. The van der Waals surface area contributed by atoms with Crippen LogP contribution in [0.4, 0.5) is 0 Å². The smallest absolute Gasteiger partial charge is 0.280 e. The molecule has 2 rings (SSSR count). The molecule has 0 radical (unpaired) electrons. The molecule has 0 aliphatic rings. The topological polar surface area (TPSA) is 64.8 Å². The van der Waals surface area contributed by atoms with Crippen molar-refractivity contribution in [2.24, 2.45) is 0 Å². The Balaban J connectivity index is 2.23. The van der Waals surface area contributed by atoms with Crippen LogP contribution in [0.2, 0.25) is 0 Å². The van der Waals surface area contributed by atoms with Crippen molar-refractivity contribution < 1.29 is 8.42 Å². The van der Waals surface area contributed by atoms with E-state index >= 15 is 0 Å². The van der Waals surface area contributed by atoms with E-state index in [9.17, 15) is 8.42 Å². The van der Waals surface area contributed by atoms with Crippen molar-refractivity contribution in [1.29, 1.82) is 0 Å². The minimum atomic E-state index is -3.76. The van der Waals surface area contributed by atoms with Gasteiger partial charge in [-0.1, -0.05) is 6.07 Å². The number of rotatable bonds is 3. The summed E-state index contributed by atoms with van der Waals surface area (Å²) in [5.74, 6) is 0. The maximum atomic E-state index is 11.0. The van der Waals surface area contributed by atoms with Gasteiger partial charge >= 0.3 is 0 Å². The van der Waals surface area contributed by atoms with Gasteiger partial charge in [-0.25, -0.2) is 13.4 Å². The lowest BCUT2D eigenvalue weighted by molar-refractivity contribution is 0.606. The first-order valence-corrected chi connectivity index (χ1v) is 7.15. The highest BCUT2D eigenvalue weighted by molar-refractivity contribution is 8.13. The first kappa shape index (κ1) is 12.1. The molecular formula is C10H10ClN3O2S. The lowest BCUT2D eigenvalue weighted by Crippen LogP contribution is -2.00. The average Bonchev–Trinajstić information content (AvgIpc) is 2.65. The van der Waals surface area contributed by atoms with Crippen LogP contribution in [0, 0.1) is 6.92 Å².